The van der Waals surface area contributed by atoms with Crippen LogP contribution < -0.4 is 9.64 Å². The molecule has 1 aromatic carbocycles. The lowest BCUT2D eigenvalue weighted by Gasteiger charge is -2.33. The number of fused-ring (bicyclic) bond motifs is 1. The number of ether oxygens (including phenoxy) is 2. The molecule has 1 aliphatic heterocycles. The van der Waals surface area contributed by atoms with Crippen LogP contribution in [0.3, 0.4) is 0 Å². The summed E-state index contributed by atoms with van der Waals surface area (Å²) in [5.74, 6) is -0.170. The van der Waals surface area contributed by atoms with Crippen molar-refractivity contribution < 1.29 is 23.9 Å². The first kappa shape index (κ1) is 16.0. The second kappa shape index (κ2) is 6.60. The van der Waals surface area contributed by atoms with Crippen molar-refractivity contribution in [1.29, 1.82) is 0 Å². The summed E-state index contributed by atoms with van der Waals surface area (Å²) in [5.41, 5.74) is 1.01. The van der Waals surface area contributed by atoms with Crippen LogP contribution in [0.4, 0.5) is 5.69 Å². The number of nitrogens with zero attached hydrogens (tertiary/aromatic N) is 1. The highest BCUT2D eigenvalue weighted by molar-refractivity contribution is 6.02. The maximum absolute atomic E-state index is 12.3. The molecule has 0 saturated carbocycles. The van der Waals surface area contributed by atoms with E-state index in [9.17, 15) is 14.4 Å². The molecule has 0 fully saturated rings. The van der Waals surface area contributed by atoms with E-state index in [1.54, 1.807) is 32.0 Å². The molecule has 6 nitrogen and oxygen atoms in total. The van der Waals surface area contributed by atoms with Crippen LogP contribution in [0.15, 0.2) is 18.2 Å². The van der Waals surface area contributed by atoms with Crippen molar-refractivity contribution in [3.05, 3.63) is 23.8 Å². The van der Waals surface area contributed by atoms with Crippen LogP contribution in [-0.4, -0.2) is 36.9 Å². The average Bonchev–Trinajstić information content (AvgIpc) is 2.47. The molecule has 2 rings (SSSR count). The van der Waals surface area contributed by atoms with Gasteiger partial charge < -0.3 is 14.4 Å². The number of esters is 1. The summed E-state index contributed by atoms with van der Waals surface area (Å²) >= 11 is 0. The molecule has 1 aliphatic rings. The number of benzene rings is 1. The molecule has 6 heteroatoms. The van der Waals surface area contributed by atoms with E-state index in [-0.39, 0.29) is 30.6 Å². The lowest BCUT2D eigenvalue weighted by molar-refractivity contribution is -0.142. The third kappa shape index (κ3) is 3.27. The molecule has 0 aliphatic carbocycles. The maximum atomic E-state index is 12.3. The fraction of sp³-hybridized carbons (Fsp3) is 0.438. The minimum atomic E-state index is -0.627. The van der Waals surface area contributed by atoms with E-state index in [2.05, 4.69) is 0 Å². The van der Waals surface area contributed by atoms with Gasteiger partial charge >= 0.3 is 5.97 Å². The van der Waals surface area contributed by atoms with E-state index in [0.717, 1.165) is 0 Å². The third-order valence-electron chi connectivity index (χ3n) is 3.42. The number of Topliss-reactive ketones (excluding diaryl/α,β-unsaturated/α-hetero) is 1. The molecule has 0 bridgehead atoms. The van der Waals surface area contributed by atoms with Gasteiger partial charge in [-0.2, -0.15) is 0 Å². The summed E-state index contributed by atoms with van der Waals surface area (Å²) in [7, 11) is 0. The van der Waals surface area contributed by atoms with Gasteiger partial charge in [0, 0.05) is 12.1 Å². The minimum absolute atomic E-state index is 0.0933. The molecule has 1 heterocycles. The van der Waals surface area contributed by atoms with Crippen LogP contribution in [0.2, 0.25) is 0 Å². The van der Waals surface area contributed by atoms with Crippen molar-refractivity contribution in [3.8, 4) is 5.75 Å². The molecule has 0 N–H and O–H groups in total. The highest BCUT2D eigenvalue weighted by Crippen LogP contribution is 2.35. The van der Waals surface area contributed by atoms with E-state index < -0.39 is 6.10 Å². The highest BCUT2D eigenvalue weighted by atomic mass is 16.5. The predicted molar refractivity (Wildman–Crippen MR) is 80.1 cm³/mol. The highest BCUT2D eigenvalue weighted by Gasteiger charge is 2.32. The lowest BCUT2D eigenvalue weighted by atomic mass is 10.1. The van der Waals surface area contributed by atoms with Gasteiger partial charge in [-0.15, -0.1) is 0 Å². The van der Waals surface area contributed by atoms with E-state index in [1.807, 2.05) is 0 Å². The van der Waals surface area contributed by atoms with Gasteiger partial charge in [0.1, 0.15) is 5.75 Å². The zero-order chi connectivity index (χ0) is 16.3. The topological polar surface area (TPSA) is 72.9 Å². The number of carbonyl (C=O) groups is 3. The van der Waals surface area contributed by atoms with Crippen molar-refractivity contribution in [2.45, 2.75) is 33.3 Å². The van der Waals surface area contributed by atoms with Crippen LogP contribution in [0, 0.1) is 0 Å². The van der Waals surface area contributed by atoms with E-state index >= 15 is 0 Å². The molecule has 1 atom stereocenters. The molecule has 0 aromatic heterocycles. The van der Waals surface area contributed by atoms with Crippen LogP contribution in [0.25, 0.3) is 0 Å². The molecular weight excluding hydrogens is 286 g/mol. The van der Waals surface area contributed by atoms with Gasteiger partial charge in [-0.25, -0.2) is 0 Å². The first-order valence-electron chi connectivity index (χ1n) is 7.22. The van der Waals surface area contributed by atoms with E-state index in [4.69, 9.17) is 9.47 Å². The summed E-state index contributed by atoms with van der Waals surface area (Å²) in [6, 6.07) is 4.95. The Balaban J connectivity index is 2.28. The van der Waals surface area contributed by atoms with Gasteiger partial charge in [0.25, 0.3) is 5.91 Å². The largest absolute Gasteiger partial charge is 0.479 e. The molecule has 0 spiro atoms. The zero-order valence-electron chi connectivity index (χ0n) is 12.9. The minimum Gasteiger partial charge on any atom is -0.479 e. The van der Waals surface area contributed by atoms with Crippen LogP contribution >= 0.6 is 0 Å². The standard InChI is InChI=1S/C16H19NO5/c1-4-21-15(19)7-8-17-13-9-12(10(2)18)5-6-14(13)22-11(3)16(17)20/h5-6,9,11H,4,7-8H2,1-3H3. The van der Waals surface area contributed by atoms with E-state index in [1.165, 1.54) is 11.8 Å². The molecule has 1 aromatic rings. The summed E-state index contributed by atoms with van der Waals surface area (Å²) in [5, 5.41) is 0. The van der Waals surface area contributed by atoms with Crippen molar-refractivity contribution in [1.82, 2.24) is 0 Å². The normalized spacial score (nSPS) is 16.8. The van der Waals surface area contributed by atoms with Gasteiger partial charge in [0.2, 0.25) is 0 Å². The van der Waals surface area contributed by atoms with E-state index in [0.29, 0.717) is 23.6 Å². The fourth-order valence-corrected chi connectivity index (χ4v) is 2.29. The maximum Gasteiger partial charge on any atom is 0.307 e. The Morgan fingerprint density at radius 2 is 2.09 bits per heavy atom. The molecule has 0 saturated heterocycles. The average molecular weight is 305 g/mol. The number of ketones is 1. The van der Waals surface area contributed by atoms with Crippen LogP contribution in [0.1, 0.15) is 37.6 Å². The molecule has 1 unspecified atom stereocenters. The monoisotopic (exact) mass is 305 g/mol. The van der Waals surface area contributed by atoms with Crippen LogP contribution in [-0.2, 0) is 14.3 Å². The smallest absolute Gasteiger partial charge is 0.307 e. The van der Waals surface area contributed by atoms with Crippen molar-refractivity contribution >= 4 is 23.3 Å². The Morgan fingerprint density at radius 3 is 2.73 bits per heavy atom. The third-order valence-corrected chi connectivity index (χ3v) is 3.42. The first-order chi connectivity index (χ1) is 10.4. The Bertz CT molecular complexity index is 611. The number of amides is 1. The predicted octanol–water partition coefficient (Wildman–Crippen LogP) is 1.96. The van der Waals surface area contributed by atoms with Crippen molar-refractivity contribution in [3.63, 3.8) is 0 Å². The number of hydrogen-bond acceptors (Lipinski definition) is 5. The van der Waals surface area contributed by atoms with Gasteiger partial charge in [0.15, 0.2) is 11.9 Å². The van der Waals surface area contributed by atoms with Gasteiger partial charge in [-0.1, -0.05) is 0 Å². The zero-order valence-corrected chi connectivity index (χ0v) is 12.9. The Hall–Kier alpha value is -2.37. The Morgan fingerprint density at radius 1 is 1.36 bits per heavy atom. The summed E-state index contributed by atoms with van der Waals surface area (Å²) in [4.78, 5) is 36.8. The van der Waals surface area contributed by atoms with Crippen molar-refractivity contribution in [2.75, 3.05) is 18.1 Å². The quantitative estimate of drug-likeness (QED) is 0.614. The second-order valence-corrected chi connectivity index (χ2v) is 5.04. The summed E-state index contributed by atoms with van der Waals surface area (Å²) in [6.07, 6.45) is -0.534. The second-order valence-electron chi connectivity index (χ2n) is 5.04. The first-order valence-corrected chi connectivity index (χ1v) is 7.22. The lowest BCUT2D eigenvalue weighted by Crippen LogP contribution is -2.45. The number of hydrogen-bond donors (Lipinski definition) is 0. The van der Waals surface area contributed by atoms with Crippen molar-refractivity contribution in [2.24, 2.45) is 0 Å². The number of anilines is 1. The van der Waals surface area contributed by atoms with Gasteiger partial charge in [-0.3, -0.25) is 14.4 Å². The van der Waals surface area contributed by atoms with Gasteiger partial charge in [-0.05, 0) is 39.0 Å². The molecule has 118 valence electrons. The number of carbonyl (C=O) groups excluding carboxylic acids is 3. The number of rotatable bonds is 5. The SMILES string of the molecule is CCOC(=O)CCN1C(=O)C(C)Oc2ccc(C(C)=O)cc21. The fourth-order valence-electron chi connectivity index (χ4n) is 2.29. The van der Waals surface area contributed by atoms with Crippen LogP contribution in [0.5, 0.6) is 5.75 Å². The van der Waals surface area contributed by atoms with Gasteiger partial charge in [0.05, 0.1) is 18.7 Å². The molecule has 1 amide bonds. The summed E-state index contributed by atoms with van der Waals surface area (Å²) in [6.45, 7) is 5.34. The molecule has 22 heavy (non-hydrogen) atoms. The molecular formula is C16H19NO5. The Kier molecular flexibility index (Phi) is 4.80. The Labute approximate surface area is 129 Å². The molecule has 0 radical (unpaired) electrons. The summed E-state index contributed by atoms with van der Waals surface area (Å²) < 4.78 is 10.4.